The molecular weight excluding hydrogens is 366 g/mol. The molecule has 1 fully saturated rings. The maximum atomic E-state index is 12.8. The van der Waals surface area contributed by atoms with Crippen LogP contribution in [0.2, 0.25) is 0 Å². The van der Waals surface area contributed by atoms with Crippen LogP contribution in [0.15, 0.2) is 36.4 Å². The van der Waals surface area contributed by atoms with Crippen LogP contribution < -0.4 is 19.7 Å². The van der Waals surface area contributed by atoms with E-state index < -0.39 is 0 Å². The van der Waals surface area contributed by atoms with Gasteiger partial charge in [0, 0.05) is 49.5 Å². The number of likely N-dealkylation sites (N-methyl/N-ethyl adjacent to an activating group) is 1. The van der Waals surface area contributed by atoms with E-state index >= 15 is 0 Å². The van der Waals surface area contributed by atoms with Gasteiger partial charge < -0.3 is 24.6 Å². The van der Waals surface area contributed by atoms with Crippen LogP contribution in [-0.2, 0) is 0 Å². The first-order valence-corrected chi connectivity index (χ1v) is 10.4. The summed E-state index contributed by atoms with van der Waals surface area (Å²) in [5, 5.41) is 3.03. The molecule has 0 radical (unpaired) electrons. The number of carbonyl (C=O) groups is 1. The molecule has 1 N–H and O–H groups in total. The van der Waals surface area contributed by atoms with Crippen LogP contribution in [0.3, 0.4) is 0 Å². The number of ether oxygens (including phenoxy) is 2. The highest BCUT2D eigenvalue weighted by molar-refractivity contribution is 6.05. The minimum absolute atomic E-state index is 0.145. The fourth-order valence-electron chi connectivity index (χ4n) is 3.81. The second-order valence-corrected chi connectivity index (χ2v) is 7.59. The Morgan fingerprint density at radius 2 is 1.76 bits per heavy atom. The average Bonchev–Trinajstić information content (AvgIpc) is 3.00. The third-order valence-corrected chi connectivity index (χ3v) is 5.65. The smallest absolute Gasteiger partial charge is 0.255 e. The van der Waals surface area contributed by atoms with Crippen molar-refractivity contribution in [3.05, 3.63) is 47.5 Å². The molecule has 29 heavy (non-hydrogen) atoms. The van der Waals surface area contributed by atoms with Gasteiger partial charge in [0.05, 0.1) is 13.2 Å². The SMILES string of the molecule is CCN1CCN(c2ccc(NC(=O)c3ccc4c(c3)OCCCO4)c(C)c2)CC1. The Kier molecular flexibility index (Phi) is 5.90. The largest absolute Gasteiger partial charge is 0.490 e. The molecule has 2 aromatic rings. The molecule has 0 atom stereocenters. The predicted molar refractivity (Wildman–Crippen MR) is 116 cm³/mol. The van der Waals surface area contributed by atoms with E-state index in [0.717, 1.165) is 50.4 Å². The van der Waals surface area contributed by atoms with Gasteiger partial charge in [-0.15, -0.1) is 0 Å². The third-order valence-electron chi connectivity index (χ3n) is 5.65. The lowest BCUT2D eigenvalue weighted by Gasteiger charge is -2.35. The molecule has 154 valence electrons. The minimum atomic E-state index is -0.145. The molecule has 4 rings (SSSR count). The highest BCUT2D eigenvalue weighted by Gasteiger charge is 2.18. The molecular formula is C23H29N3O3. The number of fused-ring (bicyclic) bond motifs is 1. The highest BCUT2D eigenvalue weighted by atomic mass is 16.5. The van der Waals surface area contributed by atoms with Crippen LogP contribution in [0.25, 0.3) is 0 Å². The summed E-state index contributed by atoms with van der Waals surface area (Å²) in [6.07, 6.45) is 0.843. The average molecular weight is 396 g/mol. The van der Waals surface area contributed by atoms with Gasteiger partial charge in [-0.2, -0.15) is 0 Å². The van der Waals surface area contributed by atoms with Gasteiger partial charge in [-0.3, -0.25) is 4.79 Å². The van der Waals surface area contributed by atoms with E-state index in [1.54, 1.807) is 12.1 Å². The highest BCUT2D eigenvalue weighted by Crippen LogP contribution is 2.31. The van der Waals surface area contributed by atoms with E-state index in [1.165, 1.54) is 5.69 Å². The van der Waals surface area contributed by atoms with Gasteiger partial charge in [0.2, 0.25) is 0 Å². The Morgan fingerprint density at radius 3 is 2.48 bits per heavy atom. The van der Waals surface area contributed by atoms with E-state index in [4.69, 9.17) is 9.47 Å². The molecule has 2 aliphatic rings. The van der Waals surface area contributed by atoms with Crippen LogP contribution >= 0.6 is 0 Å². The van der Waals surface area contributed by atoms with Crippen molar-refractivity contribution >= 4 is 17.3 Å². The summed E-state index contributed by atoms with van der Waals surface area (Å²) < 4.78 is 11.3. The summed E-state index contributed by atoms with van der Waals surface area (Å²) in [6, 6.07) is 11.6. The van der Waals surface area contributed by atoms with E-state index in [0.29, 0.717) is 30.3 Å². The van der Waals surface area contributed by atoms with Gasteiger partial charge >= 0.3 is 0 Å². The number of hydrogen-bond donors (Lipinski definition) is 1. The number of carbonyl (C=O) groups excluding carboxylic acids is 1. The summed E-state index contributed by atoms with van der Waals surface area (Å²) in [4.78, 5) is 17.6. The Balaban J connectivity index is 1.44. The molecule has 1 amide bonds. The lowest BCUT2D eigenvalue weighted by atomic mass is 10.1. The van der Waals surface area contributed by atoms with Crippen molar-refractivity contribution in [3.8, 4) is 11.5 Å². The van der Waals surface area contributed by atoms with Gasteiger partial charge in [0.15, 0.2) is 11.5 Å². The van der Waals surface area contributed by atoms with Crippen LogP contribution in [0.5, 0.6) is 11.5 Å². The Bertz CT molecular complexity index is 876. The topological polar surface area (TPSA) is 54.0 Å². The van der Waals surface area contributed by atoms with Gasteiger partial charge in [0.25, 0.3) is 5.91 Å². The van der Waals surface area contributed by atoms with Gasteiger partial charge in [0.1, 0.15) is 0 Å². The van der Waals surface area contributed by atoms with Crippen LogP contribution in [0, 0.1) is 6.92 Å². The summed E-state index contributed by atoms with van der Waals surface area (Å²) in [6.45, 7) is 10.9. The van der Waals surface area contributed by atoms with Crippen molar-refractivity contribution in [2.24, 2.45) is 0 Å². The monoisotopic (exact) mass is 395 g/mol. The number of piperazine rings is 1. The number of anilines is 2. The van der Waals surface area contributed by atoms with E-state index in [9.17, 15) is 4.79 Å². The van der Waals surface area contributed by atoms with Crippen molar-refractivity contribution in [1.29, 1.82) is 0 Å². The van der Waals surface area contributed by atoms with E-state index in [-0.39, 0.29) is 5.91 Å². The first kappa shape index (κ1) is 19.6. The third kappa shape index (κ3) is 4.48. The zero-order valence-corrected chi connectivity index (χ0v) is 17.2. The quantitative estimate of drug-likeness (QED) is 0.858. The summed E-state index contributed by atoms with van der Waals surface area (Å²) in [5.41, 5.74) is 3.67. The number of nitrogens with one attached hydrogen (secondary N) is 1. The van der Waals surface area contributed by atoms with Gasteiger partial charge in [-0.1, -0.05) is 6.92 Å². The molecule has 0 aliphatic carbocycles. The Labute approximate surface area is 172 Å². The number of benzene rings is 2. The number of hydrogen-bond acceptors (Lipinski definition) is 5. The molecule has 0 unspecified atom stereocenters. The zero-order valence-electron chi connectivity index (χ0n) is 17.2. The summed E-state index contributed by atoms with van der Waals surface area (Å²) in [7, 11) is 0. The van der Waals surface area contributed by atoms with Crippen molar-refractivity contribution in [3.63, 3.8) is 0 Å². The molecule has 2 heterocycles. The summed E-state index contributed by atoms with van der Waals surface area (Å²) in [5.74, 6) is 1.18. The number of nitrogens with zero attached hydrogens (tertiary/aromatic N) is 2. The molecule has 0 saturated carbocycles. The number of aryl methyl sites for hydroxylation is 1. The molecule has 0 spiro atoms. The zero-order chi connectivity index (χ0) is 20.2. The van der Waals surface area contributed by atoms with Crippen molar-refractivity contribution in [2.45, 2.75) is 20.3 Å². The molecule has 2 aliphatic heterocycles. The molecule has 2 aromatic carbocycles. The van der Waals surface area contributed by atoms with Crippen LogP contribution in [0.1, 0.15) is 29.3 Å². The normalized spacial score (nSPS) is 17.0. The fourth-order valence-corrected chi connectivity index (χ4v) is 3.81. The Morgan fingerprint density at radius 1 is 1.00 bits per heavy atom. The predicted octanol–water partition coefficient (Wildman–Crippen LogP) is 3.55. The first-order valence-electron chi connectivity index (χ1n) is 10.4. The standard InChI is InChI=1S/C23H29N3O3/c1-3-25-9-11-26(12-10-25)19-6-7-20(17(2)15-19)24-23(27)18-5-8-21-22(16-18)29-14-4-13-28-21/h5-8,15-16H,3-4,9-14H2,1-2H3,(H,24,27). The van der Waals surface area contributed by atoms with Crippen molar-refractivity contribution in [1.82, 2.24) is 4.90 Å². The van der Waals surface area contributed by atoms with Crippen LogP contribution in [-0.4, -0.2) is 56.7 Å². The Hall–Kier alpha value is -2.73. The number of amides is 1. The number of rotatable bonds is 4. The fraction of sp³-hybridized carbons (Fsp3) is 0.435. The van der Waals surface area contributed by atoms with Crippen molar-refractivity contribution < 1.29 is 14.3 Å². The molecule has 0 aromatic heterocycles. The molecule has 6 heteroatoms. The van der Waals surface area contributed by atoms with E-state index in [2.05, 4.69) is 34.2 Å². The first-order chi connectivity index (χ1) is 14.1. The van der Waals surface area contributed by atoms with Gasteiger partial charge in [-0.05, 0) is 55.4 Å². The van der Waals surface area contributed by atoms with E-state index in [1.807, 2.05) is 19.1 Å². The van der Waals surface area contributed by atoms with Gasteiger partial charge in [-0.25, -0.2) is 0 Å². The second-order valence-electron chi connectivity index (χ2n) is 7.59. The van der Waals surface area contributed by atoms with Crippen molar-refractivity contribution in [2.75, 3.05) is 56.2 Å². The maximum absolute atomic E-state index is 12.8. The molecule has 0 bridgehead atoms. The lowest BCUT2D eigenvalue weighted by Crippen LogP contribution is -2.46. The lowest BCUT2D eigenvalue weighted by molar-refractivity contribution is 0.102. The summed E-state index contributed by atoms with van der Waals surface area (Å²) >= 11 is 0. The minimum Gasteiger partial charge on any atom is -0.490 e. The van der Waals surface area contributed by atoms with Crippen LogP contribution in [0.4, 0.5) is 11.4 Å². The maximum Gasteiger partial charge on any atom is 0.255 e. The molecule has 1 saturated heterocycles. The second kappa shape index (κ2) is 8.74. The molecule has 6 nitrogen and oxygen atoms in total.